The number of amides is 1. The molecule has 0 radical (unpaired) electrons. The first-order valence-corrected chi connectivity index (χ1v) is 4.89. The number of nitrogens with one attached hydrogen (secondary N) is 2. The maximum absolute atomic E-state index is 11.6. The Morgan fingerprint density at radius 3 is 2.53 bits per heavy atom. The highest BCUT2D eigenvalue weighted by Gasteiger charge is 2.09. The third kappa shape index (κ3) is 2.69. The van der Waals surface area contributed by atoms with E-state index >= 15 is 0 Å². The zero-order valence-corrected chi connectivity index (χ0v) is 8.79. The molecule has 0 fully saturated rings. The fourth-order valence-corrected chi connectivity index (χ4v) is 1.21. The number of hydrogen-bond donors (Lipinski definition) is 3. The highest BCUT2D eigenvalue weighted by molar-refractivity contribution is 5.97. The highest BCUT2D eigenvalue weighted by atomic mass is 16.3. The van der Waals surface area contributed by atoms with Crippen molar-refractivity contribution in [3.8, 4) is 5.75 Å². The van der Waals surface area contributed by atoms with Crippen molar-refractivity contribution in [1.29, 1.82) is 0 Å². The molecule has 1 heterocycles. The van der Waals surface area contributed by atoms with Gasteiger partial charge in [0.25, 0.3) is 5.91 Å². The minimum atomic E-state index is -0.462. The second-order valence-electron chi connectivity index (χ2n) is 3.17. The van der Waals surface area contributed by atoms with Gasteiger partial charge < -0.3 is 5.11 Å². The number of rotatable bonds is 3. The third-order valence-corrected chi connectivity index (χ3v) is 2.00. The molecule has 6 heteroatoms. The van der Waals surface area contributed by atoms with Crippen LogP contribution in [0.1, 0.15) is 10.4 Å². The Kier molecular flexibility index (Phi) is 3.15. The number of aromatic nitrogens is 2. The number of carbonyl (C=O) groups is 1. The summed E-state index contributed by atoms with van der Waals surface area (Å²) >= 11 is 0. The molecular formula is C11H10N4O2. The van der Waals surface area contributed by atoms with Crippen molar-refractivity contribution >= 4 is 11.9 Å². The van der Waals surface area contributed by atoms with Crippen molar-refractivity contribution in [1.82, 2.24) is 15.4 Å². The van der Waals surface area contributed by atoms with E-state index in [4.69, 9.17) is 0 Å². The molecule has 3 N–H and O–H groups in total. The van der Waals surface area contributed by atoms with E-state index in [9.17, 15) is 9.90 Å². The quantitative estimate of drug-likeness (QED) is 0.683. The van der Waals surface area contributed by atoms with Crippen LogP contribution in [0.3, 0.4) is 0 Å². The molecule has 1 aromatic carbocycles. The van der Waals surface area contributed by atoms with Gasteiger partial charge in [0.15, 0.2) is 0 Å². The van der Waals surface area contributed by atoms with E-state index < -0.39 is 5.91 Å². The SMILES string of the molecule is O=C(NNc1ncccn1)c1ccccc1O. The molecule has 0 unspecified atom stereocenters. The lowest BCUT2D eigenvalue weighted by molar-refractivity contribution is 0.0959. The van der Waals surface area contributed by atoms with Gasteiger partial charge in [-0.15, -0.1) is 0 Å². The molecule has 1 amide bonds. The Hall–Kier alpha value is -2.63. The average molecular weight is 230 g/mol. The van der Waals surface area contributed by atoms with Crippen LogP contribution in [0.4, 0.5) is 5.95 Å². The van der Waals surface area contributed by atoms with E-state index in [-0.39, 0.29) is 17.3 Å². The molecule has 17 heavy (non-hydrogen) atoms. The lowest BCUT2D eigenvalue weighted by Gasteiger charge is -2.07. The van der Waals surface area contributed by atoms with Gasteiger partial charge in [-0.1, -0.05) is 12.1 Å². The Balaban J connectivity index is 2.01. The van der Waals surface area contributed by atoms with E-state index in [0.29, 0.717) is 0 Å². The lowest BCUT2D eigenvalue weighted by Crippen LogP contribution is -2.30. The van der Waals surface area contributed by atoms with Gasteiger partial charge in [0.1, 0.15) is 5.75 Å². The van der Waals surface area contributed by atoms with Gasteiger partial charge in [-0.05, 0) is 18.2 Å². The molecule has 0 aliphatic rings. The Morgan fingerprint density at radius 2 is 1.82 bits per heavy atom. The molecule has 6 nitrogen and oxygen atoms in total. The number of phenols is 1. The van der Waals surface area contributed by atoms with Gasteiger partial charge in [0, 0.05) is 12.4 Å². The van der Waals surface area contributed by atoms with E-state index in [0.717, 1.165) is 0 Å². The van der Waals surface area contributed by atoms with E-state index in [2.05, 4.69) is 20.8 Å². The molecule has 1 aromatic heterocycles. The fraction of sp³-hybridized carbons (Fsp3) is 0. The van der Waals surface area contributed by atoms with Crippen molar-refractivity contribution < 1.29 is 9.90 Å². The maximum Gasteiger partial charge on any atom is 0.273 e. The minimum Gasteiger partial charge on any atom is -0.507 e. The summed E-state index contributed by atoms with van der Waals surface area (Å²) in [5, 5.41) is 9.46. The number of para-hydroxylation sites is 1. The molecule has 2 rings (SSSR count). The normalized spacial score (nSPS) is 9.65. The first kappa shape index (κ1) is 10.9. The molecule has 0 saturated heterocycles. The van der Waals surface area contributed by atoms with Crippen LogP contribution in [-0.2, 0) is 0 Å². The van der Waals surface area contributed by atoms with Gasteiger partial charge in [-0.3, -0.25) is 15.6 Å². The van der Waals surface area contributed by atoms with Crippen LogP contribution in [0.15, 0.2) is 42.7 Å². The number of aromatic hydroxyl groups is 1. The van der Waals surface area contributed by atoms with Gasteiger partial charge in [0.2, 0.25) is 5.95 Å². The van der Waals surface area contributed by atoms with Crippen LogP contribution < -0.4 is 10.9 Å². The maximum atomic E-state index is 11.6. The van der Waals surface area contributed by atoms with Crippen LogP contribution in [0.25, 0.3) is 0 Å². The van der Waals surface area contributed by atoms with Gasteiger partial charge in [-0.2, -0.15) is 0 Å². The number of hydrogen-bond acceptors (Lipinski definition) is 5. The second-order valence-corrected chi connectivity index (χ2v) is 3.17. The van der Waals surface area contributed by atoms with E-state index in [1.165, 1.54) is 12.1 Å². The first-order valence-electron chi connectivity index (χ1n) is 4.89. The Labute approximate surface area is 97.3 Å². The summed E-state index contributed by atoms with van der Waals surface area (Å²) in [6, 6.07) is 7.91. The van der Waals surface area contributed by atoms with Gasteiger partial charge >= 0.3 is 0 Å². The van der Waals surface area contributed by atoms with Crippen LogP contribution in [0, 0.1) is 0 Å². The standard InChI is InChI=1S/C11H10N4O2/c16-9-5-2-1-4-8(9)10(17)14-15-11-12-6-3-7-13-11/h1-7,16H,(H,14,17)(H,12,13,15). The number of nitrogens with zero attached hydrogens (tertiary/aromatic N) is 2. The largest absolute Gasteiger partial charge is 0.507 e. The molecular weight excluding hydrogens is 220 g/mol. The summed E-state index contributed by atoms with van der Waals surface area (Å²) in [6.45, 7) is 0. The second kappa shape index (κ2) is 4.93. The van der Waals surface area contributed by atoms with Crippen LogP contribution in [-0.4, -0.2) is 21.0 Å². The summed E-state index contributed by atoms with van der Waals surface area (Å²) in [5.74, 6) is -0.271. The number of carbonyl (C=O) groups excluding carboxylic acids is 1. The lowest BCUT2D eigenvalue weighted by atomic mass is 10.2. The Morgan fingerprint density at radius 1 is 1.12 bits per heavy atom. The summed E-state index contributed by atoms with van der Waals surface area (Å²) in [5.41, 5.74) is 5.10. The van der Waals surface area contributed by atoms with Crippen LogP contribution >= 0.6 is 0 Å². The van der Waals surface area contributed by atoms with Crippen molar-refractivity contribution in [2.24, 2.45) is 0 Å². The Bertz CT molecular complexity index is 516. The van der Waals surface area contributed by atoms with Gasteiger partial charge in [-0.25, -0.2) is 9.97 Å². The fourth-order valence-electron chi connectivity index (χ4n) is 1.21. The minimum absolute atomic E-state index is 0.0826. The first-order chi connectivity index (χ1) is 8.27. The van der Waals surface area contributed by atoms with Crippen molar-refractivity contribution in [2.45, 2.75) is 0 Å². The van der Waals surface area contributed by atoms with E-state index in [1.807, 2.05) is 0 Å². The van der Waals surface area contributed by atoms with Crippen LogP contribution in [0.2, 0.25) is 0 Å². The molecule has 0 spiro atoms. The third-order valence-electron chi connectivity index (χ3n) is 2.00. The summed E-state index contributed by atoms with van der Waals surface area (Å²) < 4.78 is 0. The monoisotopic (exact) mass is 230 g/mol. The predicted octanol–water partition coefficient (Wildman–Crippen LogP) is 0.939. The number of phenolic OH excluding ortho intramolecular Hbond substituents is 1. The zero-order chi connectivity index (χ0) is 12.1. The molecule has 0 aliphatic heterocycles. The molecule has 0 atom stereocenters. The zero-order valence-electron chi connectivity index (χ0n) is 8.79. The molecule has 0 saturated carbocycles. The molecule has 86 valence electrons. The molecule has 2 aromatic rings. The summed E-state index contributed by atoms with van der Waals surface area (Å²) in [7, 11) is 0. The smallest absolute Gasteiger partial charge is 0.273 e. The highest BCUT2D eigenvalue weighted by Crippen LogP contribution is 2.14. The van der Waals surface area contributed by atoms with Gasteiger partial charge in [0.05, 0.1) is 5.56 Å². The summed E-state index contributed by atoms with van der Waals surface area (Å²) in [4.78, 5) is 19.4. The predicted molar refractivity (Wildman–Crippen MR) is 61.2 cm³/mol. The topological polar surface area (TPSA) is 87.1 Å². The van der Waals surface area contributed by atoms with E-state index in [1.54, 1.807) is 30.6 Å². The number of hydrazine groups is 1. The molecule has 0 aliphatic carbocycles. The number of anilines is 1. The molecule has 0 bridgehead atoms. The summed E-state index contributed by atoms with van der Waals surface area (Å²) in [6.07, 6.45) is 3.09. The average Bonchev–Trinajstić information content (AvgIpc) is 2.38. The van der Waals surface area contributed by atoms with Crippen molar-refractivity contribution in [2.75, 3.05) is 5.43 Å². The van der Waals surface area contributed by atoms with Crippen LogP contribution in [0.5, 0.6) is 5.75 Å². The van der Waals surface area contributed by atoms with Crippen molar-refractivity contribution in [3.05, 3.63) is 48.3 Å². The number of benzene rings is 1. The van der Waals surface area contributed by atoms with Crippen molar-refractivity contribution in [3.63, 3.8) is 0 Å².